The topological polar surface area (TPSA) is 119 Å². The number of nitrogens with one attached hydrogen (secondary N) is 1. The fourth-order valence-corrected chi connectivity index (χ4v) is 4.75. The molecule has 3 aromatic rings. The van der Waals surface area contributed by atoms with E-state index in [0.29, 0.717) is 12.4 Å². The molecular weight excluding hydrogens is 458 g/mol. The van der Waals surface area contributed by atoms with Gasteiger partial charge in [-0.05, 0) is 49.7 Å². The van der Waals surface area contributed by atoms with E-state index in [9.17, 15) is 23.3 Å². The second-order valence-corrected chi connectivity index (χ2v) is 9.26. The predicted molar refractivity (Wildman–Crippen MR) is 128 cm³/mol. The Balaban J connectivity index is 1.87. The number of amides is 1. The molecule has 0 aliphatic rings. The van der Waals surface area contributed by atoms with Gasteiger partial charge in [0.25, 0.3) is 15.7 Å². The molecule has 1 N–H and O–H groups in total. The highest BCUT2D eigenvalue weighted by atomic mass is 32.2. The summed E-state index contributed by atoms with van der Waals surface area (Å²) in [6.45, 7) is 3.64. The van der Waals surface area contributed by atoms with Crippen molar-refractivity contribution in [2.45, 2.75) is 24.8 Å². The van der Waals surface area contributed by atoms with Gasteiger partial charge < -0.3 is 10.1 Å². The zero-order valence-corrected chi connectivity index (χ0v) is 19.6. The van der Waals surface area contributed by atoms with Crippen LogP contribution in [0.2, 0.25) is 0 Å². The highest BCUT2D eigenvalue weighted by Gasteiger charge is 2.28. The normalized spacial score (nSPS) is 11.9. The summed E-state index contributed by atoms with van der Waals surface area (Å²) in [4.78, 5) is 23.5. The Morgan fingerprint density at radius 1 is 1.06 bits per heavy atom. The zero-order chi connectivity index (χ0) is 24.7. The minimum Gasteiger partial charge on any atom is -0.494 e. The van der Waals surface area contributed by atoms with E-state index < -0.39 is 33.4 Å². The monoisotopic (exact) mass is 483 g/mol. The minimum atomic E-state index is -4.17. The predicted octanol–water partition coefficient (Wildman–Crippen LogP) is 4.07. The molecule has 0 aliphatic heterocycles. The van der Waals surface area contributed by atoms with E-state index in [-0.39, 0.29) is 16.3 Å². The maximum Gasteiger partial charge on any atom is 0.271 e. The van der Waals surface area contributed by atoms with Crippen molar-refractivity contribution < 1.29 is 22.9 Å². The first-order chi connectivity index (χ1) is 16.2. The first-order valence-corrected chi connectivity index (χ1v) is 12.0. The summed E-state index contributed by atoms with van der Waals surface area (Å²) >= 11 is 0. The van der Waals surface area contributed by atoms with Crippen molar-refractivity contribution in [2.24, 2.45) is 0 Å². The molecule has 1 atom stereocenters. The molecule has 0 aliphatic carbocycles. The van der Waals surface area contributed by atoms with E-state index in [1.54, 1.807) is 37.3 Å². The van der Waals surface area contributed by atoms with Crippen LogP contribution in [0.3, 0.4) is 0 Å². The summed E-state index contributed by atoms with van der Waals surface area (Å²) in [5.74, 6) is 0.142. The van der Waals surface area contributed by atoms with Crippen LogP contribution in [-0.4, -0.2) is 32.4 Å². The Morgan fingerprint density at radius 2 is 1.74 bits per heavy atom. The lowest BCUT2D eigenvalue weighted by Crippen LogP contribution is -2.41. The van der Waals surface area contributed by atoms with Crippen molar-refractivity contribution in [1.82, 2.24) is 5.32 Å². The third-order valence-electron chi connectivity index (χ3n) is 5.02. The van der Waals surface area contributed by atoms with Crippen molar-refractivity contribution in [2.75, 3.05) is 17.5 Å². The Bertz CT molecular complexity index is 1250. The summed E-state index contributed by atoms with van der Waals surface area (Å²) in [7, 11) is -4.17. The number of anilines is 1. The Labute approximate surface area is 198 Å². The molecule has 0 radical (unpaired) electrons. The van der Waals surface area contributed by atoms with Crippen molar-refractivity contribution in [3.05, 3.63) is 94.5 Å². The molecule has 178 valence electrons. The number of nitro groups is 1. The molecule has 9 nitrogen and oxygen atoms in total. The van der Waals surface area contributed by atoms with Crippen LogP contribution in [0.15, 0.2) is 83.8 Å². The molecule has 3 aromatic carbocycles. The lowest BCUT2D eigenvalue weighted by atomic mass is 10.1. The lowest BCUT2D eigenvalue weighted by molar-refractivity contribution is -0.384. The fraction of sp³-hybridized carbons (Fsp3) is 0.208. The Morgan fingerprint density at radius 3 is 2.35 bits per heavy atom. The second kappa shape index (κ2) is 10.8. The Kier molecular flexibility index (Phi) is 7.85. The van der Waals surface area contributed by atoms with Crippen LogP contribution < -0.4 is 14.4 Å². The van der Waals surface area contributed by atoms with Gasteiger partial charge in [-0.2, -0.15) is 0 Å². The number of benzene rings is 3. The van der Waals surface area contributed by atoms with Gasteiger partial charge in [-0.3, -0.25) is 19.2 Å². The summed E-state index contributed by atoms with van der Waals surface area (Å²) < 4.78 is 33.0. The third kappa shape index (κ3) is 5.90. The van der Waals surface area contributed by atoms with E-state index in [1.807, 2.05) is 19.1 Å². The van der Waals surface area contributed by atoms with Crippen molar-refractivity contribution in [3.63, 3.8) is 0 Å². The number of ether oxygens (including phenoxy) is 1. The van der Waals surface area contributed by atoms with Gasteiger partial charge in [0.2, 0.25) is 5.91 Å². The molecule has 0 spiro atoms. The van der Waals surface area contributed by atoms with Gasteiger partial charge in [-0.25, -0.2) is 8.42 Å². The molecule has 0 heterocycles. The highest BCUT2D eigenvalue weighted by molar-refractivity contribution is 7.92. The van der Waals surface area contributed by atoms with Crippen LogP contribution in [0.1, 0.15) is 25.5 Å². The third-order valence-corrected chi connectivity index (χ3v) is 6.80. The van der Waals surface area contributed by atoms with E-state index in [0.717, 1.165) is 15.9 Å². The number of carbonyl (C=O) groups is 1. The van der Waals surface area contributed by atoms with E-state index in [1.165, 1.54) is 30.3 Å². The van der Waals surface area contributed by atoms with Gasteiger partial charge in [0.05, 0.1) is 28.2 Å². The van der Waals surface area contributed by atoms with Gasteiger partial charge in [-0.1, -0.05) is 36.4 Å². The number of hydrogen-bond acceptors (Lipinski definition) is 6. The van der Waals surface area contributed by atoms with Crippen LogP contribution in [0.5, 0.6) is 5.75 Å². The molecule has 0 aromatic heterocycles. The highest BCUT2D eigenvalue weighted by Crippen LogP contribution is 2.27. The second-order valence-electron chi connectivity index (χ2n) is 7.39. The number of nitrogens with zero attached hydrogens (tertiary/aromatic N) is 2. The van der Waals surface area contributed by atoms with Gasteiger partial charge >= 0.3 is 0 Å². The number of non-ortho nitro benzene ring substituents is 1. The van der Waals surface area contributed by atoms with Crippen molar-refractivity contribution in [3.8, 4) is 5.75 Å². The molecule has 0 saturated carbocycles. The van der Waals surface area contributed by atoms with E-state index >= 15 is 0 Å². The SMILES string of the molecule is CCOc1ccc([C@H](C)NC(=O)CN(c2cccc([N+](=O)[O-])c2)S(=O)(=O)c2ccccc2)cc1. The number of hydrogen-bond donors (Lipinski definition) is 1. The quantitative estimate of drug-likeness (QED) is 0.343. The van der Waals surface area contributed by atoms with Crippen LogP contribution >= 0.6 is 0 Å². The number of carbonyl (C=O) groups excluding carboxylic acids is 1. The molecule has 10 heteroatoms. The molecule has 3 rings (SSSR count). The van der Waals surface area contributed by atoms with Gasteiger partial charge in [0, 0.05) is 12.1 Å². The van der Waals surface area contributed by atoms with Crippen molar-refractivity contribution >= 4 is 27.3 Å². The smallest absolute Gasteiger partial charge is 0.271 e. The van der Waals surface area contributed by atoms with E-state index in [2.05, 4.69) is 5.32 Å². The first kappa shape index (κ1) is 24.7. The number of rotatable bonds is 10. The minimum absolute atomic E-state index is 0.0157. The fourth-order valence-electron chi connectivity index (χ4n) is 3.32. The summed E-state index contributed by atoms with van der Waals surface area (Å²) in [6, 6.07) is 19.6. The molecule has 34 heavy (non-hydrogen) atoms. The van der Waals surface area contributed by atoms with Crippen LogP contribution in [0.25, 0.3) is 0 Å². The largest absolute Gasteiger partial charge is 0.494 e. The van der Waals surface area contributed by atoms with Crippen LogP contribution in [-0.2, 0) is 14.8 Å². The van der Waals surface area contributed by atoms with E-state index in [4.69, 9.17) is 4.74 Å². The summed E-state index contributed by atoms with van der Waals surface area (Å²) in [5, 5.41) is 14.0. The average molecular weight is 484 g/mol. The number of sulfonamides is 1. The van der Waals surface area contributed by atoms with Gasteiger partial charge in [-0.15, -0.1) is 0 Å². The first-order valence-electron chi connectivity index (χ1n) is 10.6. The maximum atomic E-state index is 13.4. The van der Waals surface area contributed by atoms with Crippen LogP contribution in [0.4, 0.5) is 11.4 Å². The standard InChI is InChI=1S/C24H25N3O6S/c1-3-33-22-14-12-19(13-15-22)18(2)25-24(28)17-26(20-8-7-9-21(16-20)27(29)30)34(31,32)23-10-5-4-6-11-23/h4-16,18H,3,17H2,1-2H3,(H,25,28)/t18-/m0/s1. The van der Waals surface area contributed by atoms with Gasteiger partial charge in [0.1, 0.15) is 12.3 Å². The molecule has 0 fully saturated rings. The summed E-state index contributed by atoms with van der Waals surface area (Å²) in [5.41, 5.74) is 0.542. The zero-order valence-electron chi connectivity index (χ0n) is 18.7. The van der Waals surface area contributed by atoms with Crippen LogP contribution in [0, 0.1) is 10.1 Å². The summed E-state index contributed by atoms with van der Waals surface area (Å²) in [6.07, 6.45) is 0. The van der Waals surface area contributed by atoms with Crippen molar-refractivity contribution in [1.29, 1.82) is 0 Å². The number of nitro benzene ring substituents is 1. The lowest BCUT2D eigenvalue weighted by Gasteiger charge is -2.25. The molecular formula is C24H25N3O6S. The molecule has 0 unspecified atom stereocenters. The molecule has 1 amide bonds. The Hall–Kier alpha value is -3.92. The molecule has 0 bridgehead atoms. The van der Waals surface area contributed by atoms with Gasteiger partial charge in [0.15, 0.2) is 0 Å². The molecule has 0 saturated heterocycles. The average Bonchev–Trinajstić information content (AvgIpc) is 2.83. The maximum absolute atomic E-state index is 13.4.